The number of hydrogen-bond donors (Lipinski definition) is 2. The van der Waals surface area contributed by atoms with E-state index >= 15 is 4.39 Å². The van der Waals surface area contributed by atoms with Crippen molar-refractivity contribution in [1.82, 2.24) is 30.2 Å². The molecule has 13 nitrogen and oxygen atoms in total. The SMILES string of the molecule is CCCN1CC(=O)N[C@@H]2CN(C(=O)c3ccc4c(c3)CCCO4)C[C@H]2OCc2cc(F)cc(c2)Oc2cc(C(=O)NCCc3cnn(C)c3)cc(c2)C1=O. The number of hydrogen-bond acceptors (Lipinski definition) is 8. The van der Waals surface area contributed by atoms with E-state index in [2.05, 4.69) is 15.7 Å². The molecular formula is C40H43FN6O7. The van der Waals surface area contributed by atoms with Gasteiger partial charge in [-0.25, -0.2) is 4.39 Å². The van der Waals surface area contributed by atoms with Crippen LogP contribution in [0.25, 0.3) is 0 Å². The number of likely N-dealkylation sites (tertiary alicyclic amines) is 1. The fourth-order valence-electron chi connectivity index (χ4n) is 7.09. The van der Waals surface area contributed by atoms with Gasteiger partial charge in [0.15, 0.2) is 0 Å². The average Bonchev–Trinajstić information content (AvgIpc) is 3.77. The number of aromatic nitrogens is 2. The molecule has 7 rings (SSSR count). The molecule has 4 aromatic rings. The molecule has 4 amide bonds. The Kier molecular flexibility index (Phi) is 10.9. The van der Waals surface area contributed by atoms with E-state index < -0.39 is 35.7 Å². The first-order chi connectivity index (χ1) is 26.1. The van der Waals surface area contributed by atoms with Gasteiger partial charge < -0.3 is 34.6 Å². The summed E-state index contributed by atoms with van der Waals surface area (Å²) in [5.41, 5.74) is 3.18. The number of nitrogens with one attached hydrogen (secondary N) is 2. The molecule has 0 spiro atoms. The molecule has 0 radical (unpaired) electrons. The van der Waals surface area contributed by atoms with Gasteiger partial charge in [0.25, 0.3) is 17.7 Å². The molecule has 2 N–H and O–H groups in total. The molecule has 4 heterocycles. The molecule has 3 aliphatic heterocycles. The number of amides is 4. The van der Waals surface area contributed by atoms with Crippen molar-refractivity contribution in [3.8, 4) is 17.2 Å². The van der Waals surface area contributed by atoms with E-state index in [1.165, 1.54) is 35.2 Å². The summed E-state index contributed by atoms with van der Waals surface area (Å²) in [6, 6.07) is 13.4. The van der Waals surface area contributed by atoms with Crippen molar-refractivity contribution < 1.29 is 37.8 Å². The number of aryl methyl sites for hydroxylation is 2. The highest BCUT2D eigenvalue weighted by atomic mass is 19.1. The number of carbonyl (C=O) groups is 4. The highest BCUT2D eigenvalue weighted by Crippen LogP contribution is 2.30. The summed E-state index contributed by atoms with van der Waals surface area (Å²) in [5.74, 6) is -1.08. The van der Waals surface area contributed by atoms with E-state index in [9.17, 15) is 19.2 Å². The molecule has 3 aromatic carbocycles. The zero-order chi connectivity index (χ0) is 37.8. The first-order valence-corrected chi connectivity index (χ1v) is 18.2. The number of carbonyl (C=O) groups excluding carboxylic acids is 4. The van der Waals surface area contributed by atoms with Gasteiger partial charge in [0.1, 0.15) is 23.1 Å². The third kappa shape index (κ3) is 8.54. The van der Waals surface area contributed by atoms with Crippen LogP contribution in [0.5, 0.6) is 17.2 Å². The minimum absolute atomic E-state index is 0.0333. The van der Waals surface area contributed by atoms with Gasteiger partial charge in [-0.15, -0.1) is 0 Å². The van der Waals surface area contributed by atoms with Crippen molar-refractivity contribution in [2.75, 3.05) is 39.3 Å². The second kappa shape index (κ2) is 16.1. The monoisotopic (exact) mass is 738 g/mol. The Bertz CT molecular complexity index is 2070. The summed E-state index contributed by atoms with van der Waals surface area (Å²) < 4.78 is 34.8. The molecule has 3 aliphatic rings. The molecule has 54 heavy (non-hydrogen) atoms. The second-order valence-electron chi connectivity index (χ2n) is 13.9. The van der Waals surface area contributed by atoms with Crippen molar-refractivity contribution in [1.29, 1.82) is 0 Å². The van der Waals surface area contributed by atoms with Crippen LogP contribution >= 0.6 is 0 Å². The Morgan fingerprint density at radius 3 is 2.70 bits per heavy atom. The van der Waals surface area contributed by atoms with Gasteiger partial charge in [0.2, 0.25) is 5.91 Å². The first-order valence-electron chi connectivity index (χ1n) is 18.2. The van der Waals surface area contributed by atoms with Crippen molar-refractivity contribution in [3.63, 3.8) is 0 Å². The minimum Gasteiger partial charge on any atom is -0.493 e. The van der Waals surface area contributed by atoms with E-state index in [0.717, 1.165) is 29.7 Å². The van der Waals surface area contributed by atoms with Crippen LogP contribution in [0.1, 0.15) is 67.5 Å². The lowest BCUT2D eigenvalue weighted by Gasteiger charge is -2.25. The number of benzene rings is 3. The van der Waals surface area contributed by atoms with Crippen molar-refractivity contribution in [2.24, 2.45) is 7.05 Å². The van der Waals surface area contributed by atoms with Crippen molar-refractivity contribution in [3.05, 3.63) is 106 Å². The Hall–Kier alpha value is -5.76. The quantitative estimate of drug-likeness (QED) is 0.289. The molecule has 1 saturated heterocycles. The van der Waals surface area contributed by atoms with Gasteiger partial charge in [0, 0.05) is 62.2 Å². The second-order valence-corrected chi connectivity index (χ2v) is 13.9. The van der Waals surface area contributed by atoms with Crippen LogP contribution in [-0.4, -0.2) is 94.7 Å². The predicted octanol–water partition coefficient (Wildman–Crippen LogP) is 4.04. The Morgan fingerprint density at radius 2 is 1.89 bits per heavy atom. The van der Waals surface area contributed by atoms with Gasteiger partial charge in [-0.2, -0.15) is 5.10 Å². The van der Waals surface area contributed by atoms with Crippen LogP contribution in [0.15, 0.2) is 67.0 Å². The van der Waals surface area contributed by atoms with E-state index in [4.69, 9.17) is 14.2 Å². The zero-order valence-corrected chi connectivity index (χ0v) is 30.3. The van der Waals surface area contributed by atoms with E-state index in [1.54, 1.807) is 27.9 Å². The Labute approximate surface area is 312 Å². The number of fused-ring (bicyclic) bond motifs is 6. The van der Waals surface area contributed by atoms with Gasteiger partial charge in [-0.05, 0) is 90.9 Å². The normalized spacial score (nSPS) is 18.6. The molecule has 4 bridgehead atoms. The highest BCUT2D eigenvalue weighted by Gasteiger charge is 2.38. The van der Waals surface area contributed by atoms with Crippen LogP contribution in [0, 0.1) is 5.82 Å². The van der Waals surface area contributed by atoms with Gasteiger partial charge >= 0.3 is 0 Å². The maximum Gasteiger partial charge on any atom is 0.254 e. The van der Waals surface area contributed by atoms with Gasteiger partial charge in [-0.1, -0.05) is 6.92 Å². The molecule has 1 aromatic heterocycles. The standard InChI is InChI=1S/C40H43FN6O7/c1-3-10-46-23-37(48)44-34-21-47(39(50)28-6-7-35-27(14-28)5-4-11-52-35)22-36(34)53-24-26-12-31(41)18-32(13-26)54-33-16-29(15-30(17-33)40(46)51)38(49)42-9-8-25-19-43-45(2)20-25/h6-7,12-20,34,36H,3-5,8-11,21-24H2,1-2H3,(H,42,49)(H,44,48)/t34-,36-/m1/s1. The van der Waals surface area contributed by atoms with Crippen LogP contribution in [0.3, 0.4) is 0 Å². The zero-order valence-electron chi connectivity index (χ0n) is 30.3. The Balaban J connectivity index is 1.15. The van der Waals surface area contributed by atoms with Crippen LogP contribution in [-0.2, 0) is 36.0 Å². The lowest BCUT2D eigenvalue weighted by Crippen LogP contribution is -2.49. The smallest absolute Gasteiger partial charge is 0.254 e. The molecule has 282 valence electrons. The molecule has 0 saturated carbocycles. The van der Waals surface area contributed by atoms with Gasteiger partial charge in [-0.3, -0.25) is 23.9 Å². The number of rotatable bonds is 7. The summed E-state index contributed by atoms with van der Waals surface area (Å²) >= 11 is 0. The van der Waals surface area contributed by atoms with Crippen LogP contribution in [0.2, 0.25) is 0 Å². The number of halogens is 1. The molecule has 1 fully saturated rings. The third-order valence-electron chi connectivity index (χ3n) is 9.67. The topological polar surface area (TPSA) is 144 Å². The summed E-state index contributed by atoms with van der Waals surface area (Å²) in [7, 11) is 1.81. The number of ether oxygens (including phenoxy) is 3. The maximum atomic E-state index is 15.0. The summed E-state index contributed by atoms with van der Waals surface area (Å²) in [5, 5.41) is 10.0. The van der Waals surface area contributed by atoms with Gasteiger partial charge in [0.05, 0.1) is 38.1 Å². The molecular weight excluding hydrogens is 695 g/mol. The molecule has 2 atom stereocenters. The largest absolute Gasteiger partial charge is 0.493 e. The fraction of sp³-hybridized carbons (Fsp3) is 0.375. The summed E-state index contributed by atoms with van der Waals surface area (Å²) in [6.45, 7) is 3.17. The predicted molar refractivity (Wildman–Crippen MR) is 195 cm³/mol. The summed E-state index contributed by atoms with van der Waals surface area (Å²) in [6.07, 6.45) is 5.76. The van der Waals surface area contributed by atoms with Crippen molar-refractivity contribution in [2.45, 2.75) is 51.4 Å². The molecule has 0 unspecified atom stereocenters. The van der Waals surface area contributed by atoms with E-state index in [-0.39, 0.29) is 61.3 Å². The third-order valence-corrected chi connectivity index (χ3v) is 9.67. The maximum absolute atomic E-state index is 15.0. The number of nitrogens with zero attached hydrogens (tertiary/aromatic N) is 4. The van der Waals surface area contributed by atoms with Crippen molar-refractivity contribution >= 4 is 23.6 Å². The highest BCUT2D eigenvalue weighted by molar-refractivity contribution is 6.01. The van der Waals surface area contributed by atoms with Crippen LogP contribution < -0.4 is 20.1 Å². The summed E-state index contributed by atoms with van der Waals surface area (Å²) in [4.78, 5) is 57.9. The average molecular weight is 739 g/mol. The lowest BCUT2D eigenvalue weighted by atomic mass is 10.0. The van der Waals surface area contributed by atoms with Crippen LogP contribution in [0.4, 0.5) is 4.39 Å². The van der Waals surface area contributed by atoms with E-state index in [0.29, 0.717) is 37.1 Å². The Morgan fingerprint density at radius 1 is 1.04 bits per heavy atom. The first kappa shape index (κ1) is 36.6. The molecule has 14 heteroatoms. The lowest BCUT2D eigenvalue weighted by molar-refractivity contribution is -0.123. The minimum atomic E-state index is -0.623. The van der Waals surface area contributed by atoms with E-state index in [1.807, 2.05) is 32.3 Å². The fourth-order valence-corrected chi connectivity index (χ4v) is 7.09. The molecule has 0 aliphatic carbocycles.